The molecule has 1 aliphatic carbocycles. The SMILES string of the molecule is CC(C)(C)NC(=O)c1cn([C@H]2CC[C@H](O[Si](c3ccccc3)(c3ccccc3)C(C)(C)C)CC2)c2ncccc2c1=O. The van der Waals surface area contributed by atoms with Crippen molar-refractivity contribution < 1.29 is 9.22 Å². The Balaban J connectivity index is 1.47. The van der Waals surface area contributed by atoms with Crippen LogP contribution in [0.4, 0.5) is 0 Å². The first-order valence-electron chi connectivity index (χ1n) is 15.0. The van der Waals surface area contributed by atoms with Crippen molar-refractivity contribution in [3.8, 4) is 0 Å². The number of carbonyl (C=O) groups excluding carboxylic acids is 1. The molecule has 1 aliphatic rings. The maximum absolute atomic E-state index is 13.3. The van der Waals surface area contributed by atoms with E-state index in [0.717, 1.165) is 25.7 Å². The van der Waals surface area contributed by atoms with Gasteiger partial charge in [-0.25, -0.2) is 4.98 Å². The zero-order valence-electron chi connectivity index (χ0n) is 25.7. The van der Waals surface area contributed by atoms with Gasteiger partial charge < -0.3 is 14.3 Å². The summed E-state index contributed by atoms with van der Waals surface area (Å²) in [5, 5.41) is 5.93. The fourth-order valence-corrected chi connectivity index (χ4v) is 11.2. The number of fused-ring (bicyclic) bond motifs is 1. The molecule has 0 aliphatic heterocycles. The van der Waals surface area contributed by atoms with Crippen molar-refractivity contribution in [2.45, 2.75) is 89.9 Å². The molecule has 0 saturated heterocycles. The second-order valence-electron chi connectivity index (χ2n) is 13.6. The molecular formula is C35H43N3O3Si. The number of nitrogens with zero attached hydrogens (tertiary/aromatic N) is 2. The summed E-state index contributed by atoms with van der Waals surface area (Å²) in [6.45, 7) is 12.7. The van der Waals surface area contributed by atoms with Gasteiger partial charge in [-0.05, 0) is 74.0 Å². The first kappa shape index (κ1) is 29.9. The maximum atomic E-state index is 13.3. The van der Waals surface area contributed by atoms with E-state index in [2.05, 4.69) is 96.3 Å². The first-order chi connectivity index (χ1) is 19.9. The molecule has 0 unspecified atom stereocenters. The Morgan fingerprint density at radius 1 is 0.857 bits per heavy atom. The molecule has 0 atom stereocenters. The van der Waals surface area contributed by atoms with E-state index in [9.17, 15) is 9.59 Å². The molecule has 42 heavy (non-hydrogen) atoms. The molecule has 1 amide bonds. The molecule has 5 rings (SSSR count). The predicted octanol–water partition coefficient (Wildman–Crippen LogP) is 5.99. The summed E-state index contributed by atoms with van der Waals surface area (Å²) < 4.78 is 9.49. The molecular weight excluding hydrogens is 538 g/mol. The molecule has 2 aromatic carbocycles. The molecule has 1 N–H and O–H groups in total. The summed E-state index contributed by atoms with van der Waals surface area (Å²) in [5.74, 6) is -0.351. The van der Waals surface area contributed by atoms with E-state index < -0.39 is 13.9 Å². The highest BCUT2D eigenvalue weighted by Crippen LogP contribution is 2.40. The number of amides is 1. The molecule has 4 aromatic rings. The lowest BCUT2D eigenvalue weighted by Crippen LogP contribution is -2.67. The standard InChI is InChI=1S/C35H43N3O3Si/c1-34(2,3)37-33(40)30-24-38(32-29(31(30)39)18-13-23-36-32)25-19-21-26(22-20-25)41-42(35(4,5)6,27-14-9-7-10-15-27)28-16-11-8-12-17-28/h7-18,23-26H,19-22H2,1-6H3,(H,37,40)/t25-,26-. The first-order valence-corrected chi connectivity index (χ1v) is 16.9. The van der Waals surface area contributed by atoms with Gasteiger partial charge in [0.2, 0.25) is 5.43 Å². The third-order valence-electron chi connectivity index (χ3n) is 8.32. The van der Waals surface area contributed by atoms with E-state index in [1.165, 1.54) is 10.4 Å². The number of hydrogen-bond acceptors (Lipinski definition) is 4. The number of rotatable bonds is 6. The summed E-state index contributed by atoms with van der Waals surface area (Å²) in [4.78, 5) is 31.1. The highest BCUT2D eigenvalue weighted by molar-refractivity contribution is 6.99. The Kier molecular flexibility index (Phi) is 8.27. The van der Waals surface area contributed by atoms with Gasteiger partial charge in [-0.2, -0.15) is 0 Å². The fraction of sp³-hybridized carbons (Fsp3) is 0.400. The number of nitrogens with one attached hydrogen (secondary N) is 1. The highest BCUT2D eigenvalue weighted by Gasteiger charge is 2.51. The van der Waals surface area contributed by atoms with E-state index in [1.807, 2.05) is 20.8 Å². The number of carbonyl (C=O) groups is 1. The van der Waals surface area contributed by atoms with E-state index in [4.69, 9.17) is 4.43 Å². The average molecular weight is 582 g/mol. The predicted molar refractivity (Wildman–Crippen MR) is 173 cm³/mol. The van der Waals surface area contributed by atoms with Crippen molar-refractivity contribution in [3.63, 3.8) is 0 Å². The van der Waals surface area contributed by atoms with Crippen LogP contribution in [0.2, 0.25) is 5.04 Å². The minimum absolute atomic E-state index is 0.0826. The average Bonchev–Trinajstić information content (AvgIpc) is 2.96. The number of aromatic nitrogens is 2. The monoisotopic (exact) mass is 581 g/mol. The summed E-state index contributed by atoms with van der Waals surface area (Å²) in [5.41, 5.74) is 0.0660. The van der Waals surface area contributed by atoms with Gasteiger partial charge >= 0.3 is 0 Å². The van der Waals surface area contributed by atoms with Crippen LogP contribution < -0.4 is 21.1 Å². The van der Waals surface area contributed by atoms with Crippen LogP contribution in [0.15, 0.2) is 90.0 Å². The summed E-state index contributed by atoms with van der Waals surface area (Å²) in [6.07, 6.45) is 7.07. The van der Waals surface area contributed by atoms with E-state index in [-0.39, 0.29) is 34.1 Å². The van der Waals surface area contributed by atoms with Crippen LogP contribution in [-0.4, -0.2) is 35.4 Å². The Morgan fingerprint density at radius 2 is 1.43 bits per heavy atom. The van der Waals surface area contributed by atoms with E-state index in [0.29, 0.717) is 11.0 Å². The van der Waals surface area contributed by atoms with Crippen molar-refractivity contribution in [1.29, 1.82) is 0 Å². The molecule has 1 fully saturated rings. The third-order valence-corrected chi connectivity index (χ3v) is 13.4. The number of hydrogen-bond donors (Lipinski definition) is 1. The van der Waals surface area contributed by atoms with Gasteiger partial charge in [0, 0.05) is 30.1 Å². The van der Waals surface area contributed by atoms with Crippen LogP contribution in [-0.2, 0) is 4.43 Å². The van der Waals surface area contributed by atoms with Gasteiger partial charge in [-0.3, -0.25) is 9.59 Å². The van der Waals surface area contributed by atoms with Gasteiger partial charge in [0.25, 0.3) is 14.2 Å². The quantitative estimate of drug-likeness (QED) is 0.284. The van der Waals surface area contributed by atoms with Crippen LogP contribution in [0, 0.1) is 0 Å². The fourth-order valence-electron chi connectivity index (χ4n) is 6.41. The van der Waals surface area contributed by atoms with Gasteiger partial charge in [0.1, 0.15) is 11.2 Å². The molecule has 2 aromatic heterocycles. The van der Waals surface area contributed by atoms with Crippen molar-refractivity contribution in [2.24, 2.45) is 0 Å². The van der Waals surface area contributed by atoms with Crippen LogP contribution in [0.3, 0.4) is 0 Å². The number of pyridine rings is 2. The molecule has 0 bridgehead atoms. The van der Waals surface area contributed by atoms with Gasteiger partial charge in [0.05, 0.1) is 5.39 Å². The topological polar surface area (TPSA) is 73.2 Å². The minimum Gasteiger partial charge on any atom is -0.404 e. The van der Waals surface area contributed by atoms with Crippen molar-refractivity contribution in [1.82, 2.24) is 14.9 Å². The van der Waals surface area contributed by atoms with Crippen LogP contribution in [0.1, 0.15) is 83.6 Å². The molecule has 1 saturated carbocycles. The second-order valence-corrected chi connectivity index (χ2v) is 17.8. The Labute approximate surface area is 250 Å². The van der Waals surface area contributed by atoms with Crippen molar-refractivity contribution in [3.05, 3.63) is 101 Å². The molecule has 0 radical (unpaired) electrons. The largest absolute Gasteiger partial charge is 0.404 e. The lowest BCUT2D eigenvalue weighted by molar-refractivity contribution is 0.0916. The minimum atomic E-state index is -2.65. The zero-order chi connectivity index (χ0) is 30.1. The lowest BCUT2D eigenvalue weighted by atomic mass is 9.92. The second kappa shape index (κ2) is 11.6. The van der Waals surface area contributed by atoms with Gasteiger partial charge in [-0.15, -0.1) is 0 Å². The highest BCUT2D eigenvalue weighted by atomic mass is 28.4. The Hall–Kier alpha value is -3.55. The van der Waals surface area contributed by atoms with E-state index >= 15 is 0 Å². The van der Waals surface area contributed by atoms with Crippen LogP contribution >= 0.6 is 0 Å². The molecule has 0 spiro atoms. The Bertz CT molecular complexity index is 1560. The zero-order valence-corrected chi connectivity index (χ0v) is 26.7. The molecule has 220 valence electrons. The third kappa shape index (κ3) is 5.85. The Morgan fingerprint density at radius 3 is 1.95 bits per heavy atom. The van der Waals surface area contributed by atoms with Crippen LogP contribution in [0.25, 0.3) is 11.0 Å². The van der Waals surface area contributed by atoms with Crippen LogP contribution in [0.5, 0.6) is 0 Å². The summed E-state index contributed by atoms with van der Waals surface area (Å²) in [7, 11) is -2.65. The molecule has 6 nitrogen and oxygen atoms in total. The smallest absolute Gasteiger partial charge is 0.261 e. The number of benzene rings is 2. The normalized spacial score (nSPS) is 18.1. The maximum Gasteiger partial charge on any atom is 0.261 e. The van der Waals surface area contributed by atoms with Crippen molar-refractivity contribution >= 4 is 35.6 Å². The van der Waals surface area contributed by atoms with Gasteiger partial charge in [0.15, 0.2) is 0 Å². The molecule has 7 heteroatoms. The lowest BCUT2D eigenvalue weighted by Gasteiger charge is -2.46. The van der Waals surface area contributed by atoms with E-state index in [1.54, 1.807) is 24.5 Å². The van der Waals surface area contributed by atoms with Gasteiger partial charge in [-0.1, -0.05) is 81.4 Å². The summed E-state index contributed by atoms with van der Waals surface area (Å²) in [6, 6.07) is 25.2. The molecule has 2 heterocycles. The summed E-state index contributed by atoms with van der Waals surface area (Å²) >= 11 is 0. The van der Waals surface area contributed by atoms with Crippen molar-refractivity contribution in [2.75, 3.05) is 0 Å².